The largest absolute Gasteiger partial charge is 0.280 e. The van der Waals surface area contributed by atoms with Crippen LogP contribution in [0.15, 0.2) is 82.1 Å². The molecular formula is C22H19BrN2O. The van der Waals surface area contributed by atoms with Gasteiger partial charge in [0.2, 0.25) is 0 Å². The molecule has 1 aliphatic carbocycles. The maximum absolute atomic E-state index is 13.5. The van der Waals surface area contributed by atoms with Crippen LogP contribution in [0.2, 0.25) is 0 Å². The summed E-state index contributed by atoms with van der Waals surface area (Å²) < 4.78 is 4.79. The van der Waals surface area contributed by atoms with E-state index < -0.39 is 0 Å². The van der Waals surface area contributed by atoms with E-state index in [1.165, 1.54) is 0 Å². The van der Waals surface area contributed by atoms with Crippen molar-refractivity contribution in [1.82, 2.24) is 9.36 Å². The fourth-order valence-corrected chi connectivity index (χ4v) is 4.01. The van der Waals surface area contributed by atoms with E-state index >= 15 is 0 Å². The molecule has 4 heteroatoms. The Hall–Kier alpha value is -2.59. The number of rotatable bonds is 3. The summed E-state index contributed by atoms with van der Waals surface area (Å²) in [5.74, 6) is 0. The second-order valence-electron chi connectivity index (χ2n) is 6.33. The number of nitrogens with zero attached hydrogens (tertiary/aromatic N) is 2. The molecule has 3 aromatic rings. The van der Waals surface area contributed by atoms with E-state index in [0.29, 0.717) is 0 Å². The molecule has 0 unspecified atom stereocenters. The van der Waals surface area contributed by atoms with Crippen LogP contribution < -0.4 is 5.56 Å². The molecule has 0 radical (unpaired) electrons. The van der Waals surface area contributed by atoms with Crippen molar-refractivity contribution in [1.29, 1.82) is 0 Å². The van der Waals surface area contributed by atoms with E-state index in [0.717, 1.165) is 45.4 Å². The molecule has 3 nitrogen and oxygen atoms in total. The van der Waals surface area contributed by atoms with Gasteiger partial charge in [0, 0.05) is 17.1 Å². The van der Waals surface area contributed by atoms with Gasteiger partial charge in [-0.05, 0) is 24.5 Å². The van der Waals surface area contributed by atoms with E-state index in [9.17, 15) is 4.79 Å². The van der Waals surface area contributed by atoms with Gasteiger partial charge >= 0.3 is 0 Å². The zero-order chi connectivity index (χ0) is 18.1. The number of allylic oxidation sites excluding steroid dienone is 4. The Morgan fingerprint density at radius 2 is 1.54 bits per heavy atom. The minimum atomic E-state index is -0.00365. The van der Waals surface area contributed by atoms with Crippen LogP contribution in [0.25, 0.3) is 28.1 Å². The fraction of sp³-hybridized carbons (Fsp3) is 0.136. The minimum absolute atomic E-state index is 0.00365. The van der Waals surface area contributed by atoms with E-state index in [4.69, 9.17) is 0 Å². The minimum Gasteiger partial charge on any atom is -0.280 e. The van der Waals surface area contributed by atoms with Crippen LogP contribution in [0.3, 0.4) is 0 Å². The van der Waals surface area contributed by atoms with Crippen LogP contribution in [0.1, 0.15) is 12.8 Å². The van der Waals surface area contributed by atoms with Crippen LogP contribution in [-0.2, 0) is 7.05 Å². The third-order valence-electron chi connectivity index (χ3n) is 4.69. The first-order valence-corrected chi connectivity index (χ1v) is 9.46. The number of benzene rings is 2. The molecule has 0 N–H and O–H groups in total. The Morgan fingerprint density at radius 1 is 0.923 bits per heavy atom. The van der Waals surface area contributed by atoms with E-state index in [-0.39, 0.29) is 5.56 Å². The molecule has 0 saturated heterocycles. The van der Waals surface area contributed by atoms with Gasteiger partial charge in [-0.2, -0.15) is 0 Å². The van der Waals surface area contributed by atoms with Gasteiger partial charge in [-0.15, -0.1) is 0 Å². The van der Waals surface area contributed by atoms with Crippen molar-refractivity contribution in [2.45, 2.75) is 12.8 Å². The number of halogens is 1. The lowest BCUT2D eigenvalue weighted by atomic mass is 10.0. The van der Waals surface area contributed by atoms with E-state index in [1.807, 2.05) is 78.5 Å². The smallest absolute Gasteiger partial charge is 0.279 e. The van der Waals surface area contributed by atoms with E-state index in [1.54, 1.807) is 4.68 Å². The number of hydrogen-bond acceptors (Lipinski definition) is 1. The standard InChI is InChI=1S/C22H19BrN2O/c1-24-21(17-12-6-3-7-13-17)20(16-10-4-2-5-11-16)22(26)25(24)19-15-9-8-14-18(19)23/h2-7,9-13,15H,8,14H2,1H3. The van der Waals surface area contributed by atoms with Crippen LogP contribution in [0.4, 0.5) is 0 Å². The molecule has 0 atom stereocenters. The number of aromatic nitrogens is 2. The highest BCUT2D eigenvalue weighted by molar-refractivity contribution is 9.11. The molecule has 1 heterocycles. The molecule has 0 bridgehead atoms. The maximum Gasteiger partial charge on any atom is 0.279 e. The Bertz CT molecular complexity index is 1060. The Kier molecular flexibility index (Phi) is 4.51. The summed E-state index contributed by atoms with van der Waals surface area (Å²) in [5.41, 5.74) is 4.52. The third-order valence-corrected chi connectivity index (χ3v) is 5.49. The first kappa shape index (κ1) is 16.9. The van der Waals surface area contributed by atoms with Gasteiger partial charge in [-0.1, -0.05) is 82.7 Å². The fourth-order valence-electron chi connectivity index (χ4n) is 3.48. The zero-order valence-corrected chi connectivity index (χ0v) is 16.1. The molecule has 130 valence electrons. The van der Waals surface area contributed by atoms with Gasteiger partial charge in [0.25, 0.3) is 5.56 Å². The zero-order valence-electron chi connectivity index (χ0n) is 14.5. The third kappa shape index (κ3) is 2.80. The summed E-state index contributed by atoms with van der Waals surface area (Å²) in [7, 11) is 1.95. The van der Waals surface area contributed by atoms with Gasteiger partial charge < -0.3 is 0 Å². The molecule has 0 amide bonds. The summed E-state index contributed by atoms with van der Waals surface area (Å²) in [6.07, 6.45) is 6.04. The lowest BCUT2D eigenvalue weighted by Crippen LogP contribution is -2.22. The molecular weight excluding hydrogens is 388 g/mol. The summed E-state index contributed by atoms with van der Waals surface area (Å²) >= 11 is 3.66. The molecule has 0 saturated carbocycles. The Balaban J connectivity index is 2.07. The molecule has 1 aromatic heterocycles. The van der Waals surface area contributed by atoms with Gasteiger partial charge in [0.15, 0.2) is 0 Å². The molecule has 0 fully saturated rings. The van der Waals surface area contributed by atoms with E-state index in [2.05, 4.69) is 22.0 Å². The van der Waals surface area contributed by atoms with Crippen molar-refractivity contribution in [3.8, 4) is 22.4 Å². The van der Waals surface area contributed by atoms with Crippen molar-refractivity contribution in [3.05, 3.63) is 87.7 Å². The van der Waals surface area contributed by atoms with Crippen LogP contribution in [0, 0.1) is 0 Å². The summed E-state index contributed by atoms with van der Waals surface area (Å²) in [6.45, 7) is 0. The first-order valence-electron chi connectivity index (χ1n) is 8.67. The topological polar surface area (TPSA) is 26.9 Å². The normalized spacial score (nSPS) is 14.1. The molecule has 0 aliphatic heterocycles. The van der Waals surface area contributed by atoms with Gasteiger partial charge in [-0.25, -0.2) is 4.68 Å². The summed E-state index contributed by atoms with van der Waals surface area (Å²) in [4.78, 5) is 13.5. The lowest BCUT2D eigenvalue weighted by molar-refractivity contribution is 0.663. The predicted octanol–water partition coefficient (Wildman–Crippen LogP) is 5.43. The monoisotopic (exact) mass is 406 g/mol. The van der Waals surface area contributed by atoms with Crippen molar-refractivity contribution in [3.63, 3.8) is 0 Å². The van der Waals surface area contributed by atoms with Gasteiger partial charge in [0.1, 0.15) is 0 Å². The summed E-state index contributed by atoms with van der Waals surface area (Å²) in [6, 6.07) is 20.0. The highest BCUT2D eigenvalue weighted by atomic mass is 79.9. The van der Waals surface area contributed by atoms with Crippen molar-refractivity contribution >= 4 is 21.6 Å². The van der Waals surface area contributed by atoms with Crippen molar-refractivity contribution in [2.75, 3.05) is 0 Å². The lowest BCUT2D eigenvalue weighted by Gasteiger charge is -2.15. The summed E-state index contributed by atoms with van der Waals surface area (Å²) in [5, 5.41) is 0. The molecule has 26 heavy (non-hydrogen) atoms. The molecule has 0 spiro atoms. The SMILES string of the molecule is Cn1c(-c2ccccc2)c(-c2ccccc2)c(=O)n1C1=C(Br)CCC=C1. The molecule has 1 aliphatic rings. The second kappa shape index (κ2) is 6.96. The second-order valence-corrected chi connectivity index (χ2v) is 7.28. The quantitative estimate of drug-likeness (QED) is 0.569. The van der Waals surface area contributed by atoms with Crippen molar-refractivity contribution < 1.29 is 0 Å². The highest BCUT2D eigenvalue weighted by Gasteiger charge is 2.23. The Labute approximate surface area is 161 Å². The maximum atomic E-state index is 13.5. The van der Waals surface area contributed by atoms with Crippen molar-refractivity contribution in [2.24, 2.45) is 7.05 Å². The average molecular weight is 407 g/mol. The Morgan fingerprint density at radius 3 is 2.15 bits per heavy atom. The van der Waals surface area contributed by atoms with Crippen LogP contribution >= 0.6 is 15.9 Å². The first-order chi connectivity index (χ1) is 12.7. The molecule has 4 rings (SSSR count). The van der Waals surface area contributed by atoms with Crippen LogP contribution in [-0.4, -0.2) is 9.36 Å². The predicted molar refractivity (Wildman–Crippen MR) is 111 cm³/mol. The van der Waals surface area contributed by atoms with Gasteiger partial charge in [-0.3, -0.25) is 9.48 Å². The number of hydrogen-bond donors (Lipinski definition) is 0. The highest BCUT2D eigenvalue weighted by Crippen LogP contribution is 2.33. The van der Waals surface area contributed by atoms with Crippen LogP contribution in [0.5, 0.6) is 0 Å². The van der Waals surface area contributed by atoms with Gasteiger partial charge in [0.05, 0.1) is 17.0 Å². The average Bonchev–Trinajstić information content (AvgIpc) is 2.94. The molecule has 2 aromatic carbocycles.